The highest BCUT2D eigenvalue weighted by molar-refractivity contribution is 5.77. The summed E-state index contributed by atoms with van der Waals surface area (Å²) in [5, 5.41) is 54.1. The van der Waals surface area contributed by atoms with Gasteiger partial charge in [-0.05, 0) is 12.3 Å². The summed E-state index contributed by atoms with van der Waals surface area (Å²) in [6.45, 7) is 9.16. The van der Waals surface area contributed by atoms with E-state index in [9.17, 15) is 30.3 Å². The van der Waals surface area contributed by atoms with Crippen LogP contribution in [0, 0.1) is 34.5 Å². The molecular weight excluding hydrogens is 340 g/mol. The first-order valence-corrected chi connectivity index (χ1v) is 9.27. The first-order valence-electron chi connectivity index (χ1n) is 9.27. The van der Waals surface area contributed by atoms with Crippen LogP contribution in [-0.2, 0) is 9.53 Å². The summed E-state index contributed by atoms with van der Waals surface area (Å²) in [5.74, 6) is -3.17. The van der Waals surface area contributed by atoms with Crippen molar-refractivity contribution in [3.63, 3.8) is 0 Å². The van der Waals surface area contributed by atoms with Crippen LogP contribution in [0.3, 0.4) is 0 Å². The Morgan fingerprint density at radius 3 is 2.23 bits per heavy atom. The fourth-order valence-corrected chi connectivity index (χ4v) is 7.16. The highest BCUT2D eigenvalue weighted by atomic mass is 16.6. The van der Waals surface area contributed by atoms with E-state index in [1.54, 1.807) is 20.8 Å². The number of rotatable bonds is 0. The summed E-state index contributed by atoms with van der Waals surface area (Å²) < 4.78 is 5.57. The Morgan fingerprint density at radius 1 is 1.00 bits per heavy atom. The molecule has 146 valence electrons. The number of hydrogen-bond acceptors (Lipinski definition) is 7. The highest BCUT2D eigenvalue weighted by Gasteiger charge is 2.77. The third kappa shape index (κ3) is 1.79. The van der Waals surface area contributed by atoms with Gasteiger partial charge >= 0.3 is 5.97 Å². The number of carbonyl (C=O) groups is 1. The van der Waals surface area contributed by atoms with Crippen molar-refractivity contribution in [2.24, 2.45) is 34.5 Å². The van der Waals surface area contributed by atoms with E-state index in [0.29, 0.717) is 5.57 Å². The molecule has 3 saturated carbocycles. The smallest absolute Gasteiger partial charge is 0.310 e. The molecule has 0 aromatic carbocycles. The van der Waals surface area contributed by atoms with Crippen molar-refractivity contribution in [2.45, 2.75) is 63.8 Å². The summed E-state index contributed by atoms with van der Waals surface area (Å²) >= 11 is 0. The second kappa shape index (κ2) is 5.29. The molecule has 7 heteroatoms. The van der Waals surface area contributed by atoms with Crippen LogP contribution in [0.25, 0.3) is 0 Å². The van der Waals surface area contributed by atoms with Crippen molar-refractivity contribution in [1.29, 1.82) is 0 Å². The Hall–Kier alpha value is -0.990. The molecule has 0 spiro atoms. The summed E-state index contributed by atoms with van der Waals surface area (Å²) in [5.41, 5.74) is -1.58. The van der Waals surface area contributed by atoms with Gasteiger partial charge in [-0.3, -0.25) is 4.79 Å². The predicted molar refractivity (Wildman–Crippen MR) is 89.5 cm³/mol. The summed E-state index contributed by atoms with van der Waals surface area (Å²) in [4.78, 5) is 12.6. The van der Waals surface area contributed by atoms with Crippen LogP contribution < -0.4 is 0 Å². The van der Waals surface area contributed by atoms with Crippen LogP contribution in [0.1, 0.15) is 27.2 Å². The van der Waals surface area contributed by atoms with E-state index in [1.165, 1.54) is 0 Å². The second-order valence-electron chi connectivity index (χ2n) is 9.23. The molecule has 4 rings (SSSR count). The van der Waals surface area contributed by atoms with Gasteiger partial charge in [0, 0.05) is 22.7 Å². The van der Waals surface area contributed by atoms with E-state index in [2.05, 4.69) is 6.58 Å². The molecule has 4 fully saturated rings. The van der Waals surface area contributed by atoms with Crippen LogP contribution in [0.4, 0.5) is 0 Å². The largest absolute Gasteiger partial charge is 0.459 e. The number of fused-ring (bicyclic) bond motifs is 2. The Balaban J connectivity index is 1.97. The van der Waals surface area contributed by atoms with Crippen LogP contribution in [0.5, 0.6) is 0 Å². The normalized spacial score (nSPS) is 61.7. The maximum atomic E-state index is 12.6. The fourth-order valence-electron chi connectivity index (χ4n) is 7.16. The van der Waals surface area contributed by atoms with Crippen molar-refractivity contribution in [3.8, 4) is 0 Å². The number of ether oxygens (including phenoxy) is 1. The van der Waals surface area contributed by atoms with Gasteiger partial charge in [-0.25, -0.2) is 0 Å². The van der Waals surface area contributed by atoms with E-state index >= 15 is 0 Å². The third-order valence-corrected chi connectivity index (χ3v) is 8.11. The topological polar surface area (TPSA) is 127 Å². The van der Waals surface area contributed by atoms with Gasteiger partial charge in [-0.1, -0.05) is 32.9 Å². The molecule has 0 amide bonds. The zero-order valence-electron chi connectivity index (χ0n) is 15.2. The lowest BCUT2D eigenvalue weighted by molar-refractivity contribution is -0.283. The molecule has 0 aromatic rings. The van der Waals surface area contributed by atoms with Crippen LogP contribution in [0.15, 0.2) is 12.2 Å². The quantitative estimate of drug-likeness (QED) is 0.280. The maximum Gasteiger partial charge on any atom is 0.310 e. The minimum atomic E-state index is -1.23. The van der Waals surface area contributed by atoms with Gasteiger partial charge < -0.3 is 30.3 Å². The van der Waals surface area contributed by atoms with Gasteiger partial charge in [0.05, 0.1) is 36.4 Å². The molecule has 5 N–H and O–H groups in total. The zero-order chi connectivity index (χ0) is 19.3. The monoisotopic (exact) mass is 368 g/mol. The molecule has 3 aliphatic carbocycles. The van der Waals surface area contributed by atoms with Crippen molar-refractivity contribution in [3.05, 3.63) is 12.2 Å². The standard InChI is InChI=1S/C19H28O7/c1-6-5-8(20)15(24)18(3)9(6)12(22)16-19(4)10(17(25)26-16)7(2)11(21)13(23)14(18)19/h7-16,20-24H,1,5H2,2-4H3/t7-,8+,9+,10-,11-,12-,13+,14-,15-,16-,18+,19+/m1/s1. The van der Waals surface area contributed by atoms with Crippen molar-refractivity contribution in [2.75, 3.05) is 0 Å². The van der Waals surface area contributed by atoms with E-state index in [4.69, 9.17) is 4.74 Å². The average Bonchev–Trinajstić information content (AvgIpc) is 2.81. The lowest BCUT2D eigenvalue weighted by atomic mass is 9.38. The van der Waals surface area contributed by atoms with E-state index in [1.807, 2.05) is 0 Å². The van der Waals surface area contributed by atoms with Gasteiger partial charge in [0.25, 0.3) is 0 Å². The first kappa shape index (κ1) is 18.4. The second-order valence-corrected chi connectivity index (χ2v) is 9.23. The number of carbonyl (C=O) groups excluding carboxylic acids is 1. The third-order valence-electron chi connectivity index (χ3n) is 8.11. The number of hydrogen-bond donors (Lipinski definition) is 5. The molecule has 0 aromatic heterocycles. The van der Waals surface area contributed by atoms with E-state index in [0.717, 1.165) is 0 Å². The van der Waals surface area contributed by atoms with Gasteiger partial charge in [0.15, 0.2) is 0 Å². The average molecular weight is 368 g/mol. The molecule has 7 nitrogen and oxygen atoms in total. The molecule has 4 aliphatic rings. The van der Waals surface area contributed by atoms with Gasteiger partial charge in [0.1, 0.15) is 6.10 Å². The minimum absolute atomic E-state index is 0.126. The molecule has 12 atom stereocenters. The van der Waals surface area contributed by atoms with Crippen molar-refractivity contribution in [1.82, 2.24) is 0 Å². The maximum absolute atomic E-state index is 12.6. The lowest BCUT2D eigenvalue weighted by Crippen LogP contribution is -2.75. The van der Waals surface area contributed by atoms with Crippen molar-refractivity contribution >= 4 is 5.97 Å². The summed E-state index contributed by atoms with van der Waals surface area (Å²) in [7, 11) is 0. The molecule has 0 bridgehead atoms. The summed E-state index contributed by atoms with van der Waals surface area (Å²) in [6, 6.07) is 0. The molecule has 1 heterocycles. The zero-order valence-corrected chi connectivity index (χ0v) is 15.2. The Morgan fingerprint density at radius 2 is 1.62 bits per heavy atom. The molecule has 0 unspecified atom stereocenters. The fraction of sp³-hybridized carbons (Fsp3) is 0.842. The molecule has 1 aliphatic heterocycles. The van der Waals surface area contributed by atoms with E-state index < -0.39 is 77.1 Å². The summed E-state index contributed by atoms with van der Waals surface area (Å²) in [6.07, 6.45) is -6.54. The minimum Gasteiger partial charge on any atom is -0.459 e. The van der Waals surface area contributed by atoms with Gasteiger partial charge in [0.2, 0.25) is 0 Å². The van der Waals surface area contributed by atoms with Crippen LogP contribution in [-0.4, -0.2) is 68.1 Å². The van der Waals surface area contributed by atoms with Gasteiger partial charge in [-0.15, -0.1) is 0 Å². The predicted octanol–water partition coefficient (Wildman–Crippen LogP) is -0.799. The Kier molecular flexibility index (Phi) is 3.74. The molecular formula is C19H28O7. The Labute approximate surface area is 152 Å². The SMILES string of the molecule is C=C1C[C@H](O)[C@@H](O)[C@]2(C)[C@H]3[C@@H](O)[C@H](O)[C@H](C)[C@@H]4C(=O)O[C@H]([C@H](O)[C@H]12)[C@]34C. The molecule has 1 saturated heterocycles. The lowest BCUT2D eigenvalue weighted by Gasteiger charge is -2.66. The molecule has 26 heavy (non-hydrogen) atoms. The van der Waals surface area contributed by atoms with Crippen molar-refractivity contribution < 1.29 is 35.1 Å². The molecule has 0 radical (unpaired) electrons. The number of esters is 1. The first-order chi connectivity index (χ1) is 12.0. The number of aliphatic hydroxyl groups is 5. The van der Waals surface area contributed by atoms with Crippen LogP contribution >= 0.6 is 0 Å². The Bertz CT molecular complexity index is 664. The van der Waals surface area contributed by atoms with Crippen LogP contribution in [0.2, 0.25) is 0 Å². The number of aliphatic hydroxyl groups excluding tert-OH is 5. The van der Waals surface area contributed by atoms with Gasteiger partial charge in [-0.2, -0.15) is 0 Å². The highest BCUT2D eigenvalue weighted by Crippen LogP contribution is 2.69. The van der Waals surface area contributed by atoms with E-state index in [-0.39, 0.29) is 6.42 Å².